The van der Waals surface area contributed by atoms with Crippen molar-refractivity contribution in [2.24, 2.45) is 4.99 Å². The molecule has 7 heteroatoms. The standard InChI is InChI=1S/C16H14N4O3/c1-8(21)19-12-6-10(17)15-14-9(7-18-15)5-11(20-16(12)14)13(22)3-4-23-2/h3-7,20H,17H2,1-2H3. The summed E-state index contributed by atoms with van der Waals surface area (Å²) in [6.45, 7) is 1.35. The van der Waals surface area contributed by atoms with Gasteiger partial charge in [0.15, 0.2) is 0 Å². The molecule has 2 aromatic heterocycles. The van der Waals surface area contributed by atoms with E-state index in [-0.39, 0.29) is 11.7 Å². The number of ether oxygens (including phenoxy) is 1. The zero-order valence-electron chi connectivity index (χ0n) is 12.6. The molecule has 0 spiro atoms. The minimum absolute atomic E-state index is 0.266. The average Bonchev–Trinajstić information content (AvgIpc) is 2.94. The van der Waals surface area contributed by atoms with E-state index in [1.165, 1.54) is 26.4 Å². The van der Waals surface area contributed by atoms with Gasteiger partial charge in [-0.2, -0.15) is 0 Å². The van der Waals surface area contributed by atoms with Crippen molar-refractivity contribution in [2.45, 2.75) is 6.92 Å². The summed E-state index contributed by atoms with van der Waals surface area (Å²) in [7, 11) is 1.46. The number of nitrogens with one attached hydrogen (secondary N) is 1. The van der Waals surface area contributed by atoms with Crippen LogP contribution in [0.25, 0.3) is 21.8 Å². The molecule has 0 fully saturated rings. The molecule has 3 N–H and O–H groups in total. The van der Waals surface area contributed by atoms with Crippen LogP contribution in [-0.4, -0.2) is 28.8 Å². The van der Waals surface area contributed by atoms with Gasteiger partial charge in [-0.3, -0.25) is 14.6 Å². The number of ketones is 1. The highest BCUT2D eigenvalue weighted by atomic mass is 16.5. The predicted octanol–water partition coefficient (Wildman–Crippen LogP) is 1.53. The average molecular weight is 310 g/mol. The van der Waals surface area contributed by atoms with Crippen LogP contribution in [0.4, 0.5) is 5.69 Å². The van der Waals surface area contributed by atoms with Gasteiger partial charge < -0.3 is 15.5 Å². The van der Waals surface area contributed by atoms with Crippen molar-refractivity contribution in [3.8, 4) is 0 Å². The molecule has 0 aliphatic carbocycles. The van der Waals surface area contributed by atoms with Gasteiger partial charge >= 0.3 is 0 Å². The maximum absolute atomic E-state index is 12.2. The Labute approximate surface area is 130 Å². The van der Waals surface area contributed by atoms with Crippen LogP contribution in [0.2, 0.25) is 0 Å². The first-order chi connectivity index (χ1) is 11.0. The van der Waals surface area contributed by atoms with Gasteiger partial charge in [-0.05, 0) is 12.1 Å². The highest BCUT2D eigenvalue weighted by Gasteiger charge is 2.14. The number of rotatable bonds is 3. The molecule has 116 valence electrons. The number of carbonyl (C=O) groups is 2. The van der Waals surface area contributed by atoms with Crippen LogP contribution in [0.5, 0.6) is 0 Å². The molecule has 1 aromatic carbocycles. The Bertz CT molecular complexity index is 1020. The monoisotopic (exact) mass is 310 g/mol. The summed E-state index contributed by atoms with van der Waals surface area (Å²) in [5.74, 6) is -0.623. The molecule has 3 rings (SSSR count). The van der Waals surface area contributed by atoms with Gasteiger partial charge in [0.25, 0.3) is 0 Å². The minimum Gasteiger partial charge on any atom is -0.504 e. The van der Waals surface area contributed by atoms with E-state index in [0.29, 0.717) is 27.8 Å². The van der Waals surface area contributed by atoms with Crippen molar-refractivity contribution in [2.75, 3.05) is 12.8 Å². The Morgan fingerprint density at radius 2 is 2.17 bits per heavy atom. The zero-order chi connectivity index (χ0) is 16.6. The Kier molecular flexibility index (Phi) is 3.53. The van der Waals surface area contributed by atoms with Gasteiger partial charge in [-0.1, -0.05) is 0 Å². The van der Waals surface area contributed by atoms with Crippen LogP contribution >= 0.6 is 0 Å². The number of nitrogens with zero attached hydrogens (tertiary/aromatic N) is 2. The number of anilines is 1. The fourth-order valence-electron chi connectivity index (χ4n) is 2.47. The molecule has 0 saturated heterocycles. The van der Waals surface area contributed by atoms with Crippen molar-refractivity contribution in [1.82, 2.24) is 9.97 Å². The lowest BCUT2D eigenvalue weighted by molar-refractivity contribution is -0.116. The number of H-pyrrole nitrogens is 1. The lowest BCUT2D eigenvalue weighted by Crippen LogP contribution is -2.11. The van der Waals surface area contributed by atoms with Gasteiger partial charge in [-0.25, -0.2) is 4.99 Å². The van der Waals surface area contributed by atoms with Crippen LogP contribution in [0.1, 0.15) is 17.4 Å². The molecule has 0 saturated carbocycles. The number of allylic oxidation sites excluding steroid dienone is 1. The van der Waals surface area contributed by atoms with E-state index >= 15 is 0 Å². The highest BCUT2D eigenvalue weighted by Crippen LogP contribution is 2.27. The van der Waals surface area contributed by atoms with Gasteiger partial charge in [0.2, 0.25) is 11.7 Å². The largest absolute Gasteiger partial charge is 0.504 e. The van der Waals surface area contributed by atoms with E-state index in [0.717, 1.165) is 10.8 Å². The molecule has 1 amide bonds. The summed E-state index contributed by atoms with van der Waals surface area (Å²) in [6.07, 6.45) is 4.23. The first kappa shape index (κ1) is 14.7. The van der Waals surface area contributed by atoms with Crippen molar-refractivity contribution < 1.29 is 14.3 Å². The summed E-state index contributed by atoms with van der Waals surface area (Å²) in [4.78, 5) is 34.8. The summed E-state index contributed by atoms with van der Waals surface area (Å²) < 4.78 is 4.76. The lowest BCUT2D eigenvalue weighted by atomic mass is 10.1. The number of methoxy groups -OCH3 is 1. The molecule has 2 heterocycles. The Hall–Kier alpha value is -3.22. The Morgan fingerprint density at radius 1 is 1.39 bits per heavy atom. The number of nitrogen functional groups attached to an aromatic ring is 1. The fraction of sp³-hybridized carbons (Fsp3) is 0.125. The second kappa shape index (κ2) is 5.53. The molecule has 0 atom stereocenters. The minimum atomic E-state index is -0.357. The van der Waals surface area contributed by atoms with Crippen LogP contribution in [-0.2, 0) is 9.53 Å². The number of aromatic nitrogens is 2. The SMILES string of the molecule is COC=CC(=O)c1cc2cnc3c(N)cc(=NC(C)=O)c([nH]1)c23. The molecule has 0 aliphatic rings. The van der Waals surface area contributed by atoms with Gasteiger partial charge in [-0.15, -0.1) is 0 Å². The summed E-state index contributed by atoms with van der Waals surface area (Å²) in [5.41, 5.74) is 7.91. The second-order valence-electron chi connectivity index (χ2n) is 5.01. The zero-order valence-corrected chi connectivity index (χ0v) is 12.6. The third-order valence-electron chi connectivity index (χ3n) is 3.39. The smallest absolute Gasteiger partial charge is 0.243 e. The molecule has 0 aliphatic heterocycles. The number of benzene rings is 1. The van der Waals surface area contributed by atoms with E-state index in [9.17, 15) is 9.59 Å². The Balaban J connectivity index is 2.37. The maximum atomic E-state index is 12.2. The molecule has 7 nitrogen and oxygen atoms in total. The normalized spacial score (nSPS) is 12.5. The van der Waals surface area contributed by atoms with E-state index in [1.807, 2.05) is 0 Å². The summed E-state index contributed by atoms with van der Waals surface area (Å²) in [6, 6.07) is 3.25. The third-order valence-corrected chi connectivity index (χ3v) is 3.39. The van der Waals surface area contributed by atoms with Crippen LogP contribution in [0, 0.1) is 0 Å². The number of nitrogens with two attached hydrogens (primary N) is 1. The highest BCUT2D eigenvalue weighted by molar-refractivity contribution is 6.14. The van der Waals surface area contributed by atoms with Crippen molar-refractivity contribution in [1.29, 1.82) is 0 Å². The molecule has 3 aromatic rings. The predicted molar refractivity (Wildman–Crippen MR) is 85.9 cm³/mol. The first-order valence-corrected chi connectivity index (χ1v) is 6.84. The molecule has 23 heavy (non-hydrogen) atoms. The quantitative estimate of drug-likeness (QED) is 0.330. The number of aromatic amines is 1. The lowest BCUT2D eigenvalue weighted by Gasteiger charge is -2.05. The van der Waals surface area contributed by atoms with E-state index in [4.69, 9.17) is 10.5 Å². The Morgan fingerprint density at radius 3 is 2.87 bits per heavy atom. The van der Waals surface area contributed by atoms with E-state index in [1.54, 1.807) is 18.3 Å². The number of carbonyl (C=O) groups excluding carboxylic acids is 2. The molecule has 0 bridgehead atoms. The molecular formula is C16H14N4O3. The van der Waals surface area contributed by atoms with Crippen LogP contribution in [0.15, 0.2) is 35.7 Å². The number of hydrogen-bond acceptors (Lipinski definition) is 5. The van der Waals surface area contributed by atoms with Crippen molar-refractivity contribution >= 4 is 39.2 Å². The number of amides is 1. The second-order valence-corrected chi connectivity index (χ2v) is 5.01. The summed E-state index contributed by atoms with van der Waals surface area (Å²) >= 11 is 0. The molecular weight excluding hydrogens is 296 g/mol. The van der Waals surface area contributed by atoms with Crippen molar-refractivity contribution in [3.05, 3.63) is 41.7 Å². The topological polar surface area (TPSA) is 110 Å². The third kappa shape index (κ3) is 2.52. The van der Waals surface area contributed by atoms with E-state index in [2.05, 4.69) is 15.0 Å². The van der Waals surface area contributed by atoms with E-state index < -0.39 is 0 Å². The summed E-state index contributed by atoms with van der Waals surface area (Å²) in [5, 5.41) is 1.87. The van der Waals surface area contributed by atoms with Crippen molar-refractivity contribution in [3.63, 3.8) is 0 Å². The number of pyridine rings is 1. The van der Waals surface area contributed by atoms with Crippen LogP contribution in [0.3, 0.4) is 0 Å². The molecule has 0 radical (unpaired) electrons. The van der Waals surface area contributed by atoms with Crippen LogP contribution < -0.4 is 11.1 Å². The van der Waals surface area contributed by atoms with Gasteiger partial charge in [0.05, 0.1) is 41.1 Å². The van der Waals surface area contributed by atoms with Gasteiger partial charge in [0, 0.05) is 30.0 Å². The fourth-order valence-corrected chi connectivity index (χ4v) is 2.47. The first-order valence-electron chi connectivity index (χ1n) is 6.84. The molecule has 0 unspecified atom stereocenters. The number of hydrogen-bond donors (Lipinski definition) is 2. The maximum Gasteiger partial charge on any atom is 0.243 e. The van der Waals surface area contributed by atoms with Gasteiger partial charge in [0.1, 0.15) is 0 Å².